The molecule has 0 aliphatic heterocycles. The normalized spacial score (nSPS) is 12.3. The largest absolute Gasteiger partial charge is 0.471 e. The summed E-state index contributed by atoms with van der Waals surface area (Å²) < 4.78 is 41.9. The first-order valence-electron chi connectivity index (χ1n) is 8.80. The van der Waals surface area contributed by atoms with Gasteiger partial charge in [-0.15, -0.1) is 0 Å². The van der Waals surface area contributed by atoms with Gasteiger partial charge in [0.25, 0.3) is 5.91 Å². The third-order valence-electron chi connectivity index (χ3n) is 3.83. The summed E-state index contributed by atoms with van der Waals surface area (Å²) in [5, 5.41) is 6.13. The van der Waals surface area contributed by atoms with Gasteiger partial charge in [-0.25, -0.2) is 5.01 Å². The number of nitrogens with zero attached hydrogens (tertiary/aromatic N) is 4. The Balaban J connectivity index is 2.17. The molecule has 2 rings (SSSR count). The Morgan fingerprint density at radius 2 is 1.66 bits per heavy atom. The predicted octanol–water partition coefficient (Wildman–Crippen LogP) is 3.68. The van der Waals surface area contributed by atoms with Crippen molar-refractivity contribution in [2.24, 2.45) is 5.41 Å². The first kappa shape index (κ1) is 22.5. The second-order valence-corrected chi connectivity index (χ2v) is 7.98. The highest BCUT2D eigenvalue weighted by molar-refractivity contribution is 5.96. The number of rotatable bonds is 6. The van der Waals surface area contributed by atoms with Crippen LogP contribution in [-0.2, 0) is 11.0 Å². The number of halogens is 3. The van der Waals surface area contributed by atoms with E-state index in [1.54, 1.807) is 14.1 Å². The Morgan fingerprint density at radius 1 is 1.07 bits per heavy atom. The fourth-order valence-electron chi connectivity index (χ4n) is 2.58. The Kier molecular flexibility index (Phi) is 6.46. The van der Waals surface area contributed by atoms with E-state index in [1.807, 2.05) is 20.8 Å². The predicted molar refractivity (Wildman–Crippen MR) is 98.5 cm³/mol. The van der Waals surface area contributed by atoms with Crippen LogP contribution in [0.15, 0.2) is 28.8 Å². The van der Waals surface area contributed by atoms with E-state index in [0.29, 0.717) is 6.42 Å². The summed E-state index contributed by atoms with van der Waals surface area (Å²) >= 11 is 0. The van der Waals surface area contributed by atoms with Gasteiger partial charge in [0.15, 0.2) is 5.78 Å². The maximum Gasteiger partial charge on any atom is 0.471 e. The number of amides is 1. The molecule has 0 aliphatic carbocycles. The van der Waals surface area contributed by atoms with Crippen molar-refractivity contribution in [3.63, 3.8) is 0 Å². The van der Waals surface area contributed by atoms with Crippen molar-refractivity contribution in [2.45, 2.75) is 33.4 Å². The van der Waals surface area contributed by atoms with Crippen LogP contribution in [0.2, 0.25) is 0 Å². The van der Waals surface area contributed by atoms with Gasteiger partial charge in [-0.1, -0.05) is 38.1 Å². The molecule has 29 heavy (non-hydrogen) atoms. The van der Waals surface area contributed by atoms with E-state index < -0.39 is 18.0 Å². The standard InChI is InChI=1S/C19H23F3N4O3/c1-18(2,3)10-14(27)11-26(25(4)5)16(28)13-8-6-12(7-9-13)15-23-17(29-24-15)19(20,21)22/h6-9H,10-11H2,1-5H3. The van der Waals surface area contributed by atoms with E-state index in [-0.39, 0.29) is 34.7 Å². The van der Waals surface area contributed by atoms with Gasteiger partial charge < -0.3 is 4.52 Å². The molecule has 1 aromatic heterocycles. The van der Waals surface area contributed by atoms with Gasteiger partial charge in [-0.2, -0.15) is 18.2 Å². The number of ketones is 1. The fourth-order valence-corrected chi connectivity index (χ4v) is 2.58. The Morgan fingerprint density at radius 3 is 2.10 bits per heavy atom. The minimum atomic E-state index is -4.73. The van der Waals surface area contributed by atoms with Gasteiger partial charge in [0, 0.05) is 31.6 Å². The van der Waals surface area contributed by atoms with E-state index >= 15 is 0 Å². The summed E-state index contributed by atoms with van der Waals surface area (Å²) in [6.45, 7) is 5.74. The lowest BCUT2D eigenvalue weighted by atomic mass is 9.90. The summed E-state index contributed by atoms with van der Waals surface area (Å²) in [7, 11) is 3.29. The third kappa shape index (κ3) is 6.11. The van der Waals surface area contributed by atoms with Gasteiger partial charge in [0.2, 0.25) is 5.82 Å². The topological polar surface area (TPSA) is 79.5 Å². The number of aromatic nitrogens is 2. The average molecular weight is 412 g/mol. The molecule has 1 heterocycles. The monoisotopic (exact) mass is 412 g/mol. The molecule has 0 saturated heterocycles. The zero-order valence-electron chi connectivity index (χ0n) is 16.9. The van der Waals surface area contributed by atoms with Gasteiger partial charge in [0.1, 0.15) is 0 Å². The highest BCUT2D eigenvalue weighted by Crippen LogP contribution is 2.29. The van der Waals surface area contributed by atoms with Crippen LogP contribution < -0.4 is 0 Å². The van der Waals surface area contributed by atoms with E-state index in [1.165, 1.54) is 34.3 Å². The van der Waals surface area contributed by atoms with E-state index in [0.717, 1.165) is 0 Å². The van der Waals surface area contributed by atoms with Crippen LogP contribution in [0.4, 0.5) is 13.2 Å². The van der Waals surface area contributed by atoms with Crippen molar-refractivity contribution >= 4 is 11.7 Å². The molecule has 1 aromatic carbocycles. The molecule has 0 saturated carbocycles. The van der Waals surface area contributed by atoms with E-state index in [9.17, 15) is 22.8 Å². The number of benzene rings is 1. The van der Waals surface area contributed by atoms with Crippen molar-refractivity contribution in [1.82, 2.24) is 20.2 Å². The summed E-state index contributed by atoms with van der Waals surface area (Å²) in [5.74, 6) is -2.17. The first-order valence-corrected chi connectivity index (χ1v) is 8.80. The zero-order chi connectivity index (χ0) is 22.0. The van der Waals surface area contributed by atoms with Crippen LogP contribution in [0.5, 0.6) is 0 Å². The Hall–Kier alpha value is -2.75. The second-order valence-electron chi connectivity index (χ2n) is 7.98. The molecule has 10 heteroatoms. The lowest BCUT2D eigenvalue weighted by Gasteiger charge is -2.29. The summed E-state index contributed by atoms with van der Waals surface area (Å²) in [5.41, 5.74) is 0.339. The molecule has 0 spiro atoms. The molecule has 1 amide bonds. The molecule has 0 unspecified atom stereocenters. The second kappa shape index (κ2) is 8.32. The Labute approximate surface area is 166 Å². The summed E-state index contributed by atoms with van der Waals surface area (Å²) in [4.78, 5) is 28.4. The number of hydrogen-bond acceptors (Lipinski definition) is 6. The van der Waals surface area contributed by atoms with Crippen LogP contribution in [0.1, 0.15) is 43.4 Å². The lowest BCUT2D eigenvalue weighted by Crippen LogP contribution is -2.45. The highest BCUT2D eigenvalue weighted by Gasteiger charge is 2.38. The van der Waals surface area contributed by atoms with Crippen LogP contribution in [-0.4, -0.2) is 52.5 Å². The number of Topliss-reactive ketones (excluding diaryl/α,β-unsaturated/α-hetero) is 1. The summed E-state index contributed by atoms with van der Waals surface area (Å²) in [6.07, 6.45) is -4.41. The Bertz CT molecular complexity index is 868. The van der Waals surface area contributed by atoms with Crippen LogP contribution in [0.25, 0.3) is 11.4 Å². The van der Waals surface area contributed by atoms with Crippen molar-refractivity contribution < 1.29 is 27.3 Å². The molecule has 158 valence electrons. The lowest BCUT2D eigenvalue weighted by molar-refractivity contribution is -0.159. The molecule has 0 radical (unpaired) electrons. The third-order valence-corrected chi connectivity index (χ3v) is 3.83. The van der Waals surface area contributed by atoms with Gasteiger partial charge in [0.05, 0.1) is 6.54 Å². The van der Waals surface area contributed by atoms with Crippen LogP contribution in [0, 0.1) is 5.41 Å². The molecular weight excluding hydrogens is 389 g/mol. The fraction of sp³-hybridized carbons (Fsp3) is 0.474. The molecule has 0 aliphatic rings. The minimum absolute atomic E-state index is 0.0787. The van der Waals surface area contributed by atoms with Crippen LogP contribution >= 0.6 is 0 Å². The average Bonchev–Trinajstić information content (AvgIpc) is 3.08. The molecule has 7 nitrogen and oxygen atoms in total. The number of alkyl halides is 3. The molecule has 0 N–H and O–H groups in total. The highest BCUT2D eigenvalue weighted by atomic mass is 19.4. The van der Waals surface area contributed by atoms with Crippen LogP contribution in [0.3, 0.4) is 0 Å². The number of hydrazine groups is 1. The van der Waals surface area contributed by atoms with Crippen molar-refractivity contribution in [1.29, 1.82) is 0 Å². The van der Waals surface area contributed by atoms with E-state index in [4.69, 9.17) is 0 Å². The van der Waals surface area contributed by atoms with Crippen molar-refractivity contribution in [3.05, 3.63) is 35.7 Å². The molecule has 2 aromatic rings. The maximum atomic E-state index is 12.8. The van der Waals surface area contributed by atoms with E-state index in [2.05, 4.69) is 14.7 Å². The van der Waals surface area contributed by atoms with Crippen molar-refractivity contribution in [2.75, 3.05) is 20.6 Å². The number of carbonyl (C=O) groups excluding carboxylic acids is 2. The smallest absolute Gasteiger partial charge is 0.329 e. The quantitative estimate of drug-likeness (QED) is 0.674. The zero-order valence-corrected chi connectivity index (χ0v) is 16.9. The van der Waals surface area contributed by atoms with Gasteiger partial charge >= 0.3 is 12.1 Å². The summed E-state index contributed by atoms with van der Waals surface area (Å²) in [6, 6.07) is 5.71. The van der Waals surface area contributed by atoms with Gasteiger partial charge in [-0.3, -0.25) is 14.6 Å². The molecule has 0 fully saturated rings. The maximum absolute atomic E-state index is 12.8. The molecule has 0 bridgehead atoms. The number of hydrogen-bond donors (Lipinski definition) is 0. The molecular formula is C19H23F3N4O3. The number of carbonyl (C=O) groups is 2. The van der Waals surface area contributed by atoms with Crippen molar-refractivity contribution in [3.8, 4) is 11.4 Å². The van der Waals surface area contributed by atoms with Gasteiger partial charge in [-0.05, 0) is 17.5 Å². The molecule has 0 atom stereocenters. The first-order chi connectivity index (χ1) is 13.3. The SMILES string of the molecule is CN(C)N(CC(=O)CC(C)(C)C)C(=O)c1ccc(-c2noc(C(F)(F)F)n2)cc1. The minimum Gasteiger partial charge on any atom is -0.329 e.